The number of nitrogens with zero attached hydrogens (tertiary/aromatic N) is 3. The zero-order valence-electron chi connectivity index (χ0n) is 19.8. The highest BCUT2D eigenvalue weighted by Crippen LogP contribution is 2.34. The van der Waals surface area contributed by atoms with Gasteiger partial charge in [0.25, 0.3) is 10.0 Å². The van der Waals surface area contributed by atoms with E-state index in [0.29, 0.717) is 23.4 Å². The van der Waals surface area contributed by atoms with E-state index in [-0.39, 0.29) is 24.1 Å². The van der Waals surface area contributed by atoms with Crippen LogP contribution in [0, 0.1) is 13.8 Å². The lowest BCUT2D eigenvalue weighted by atomic mass is 10.0. The quantitative estimate of drug-likeness (QED) is 0.230. The number of hydrogen-bond acceptors (Lipinski definition) is 7. The standard InChI is InChI=1S/C26H27N3O5S/c1-19-20(2)28-34-26(19)29(18-33-17-16-32-3)35(30,31)25-10-5-4-8-23(25)21-11-13-22(14-12-21)24-9-6-7-15-27-24/h4-15H,16-18H2,1-3H3. The summed E-state index contributed by atoms with van der Waals surface area (Å²) in [6, 6.07) is 20.2. The van der Waals surface area contributed by atoms with Crippen molar-refractivity contribution in [2.45, 2.75) is 18.7 Å². The molecule has 182 valence electrons. The molecule has 8 nitrogen and oxygen atoms in total. The molecule has 35 heavy (non-hydrogen) atoms. The number of anilines is 1. The average molecular weight is 494 g/mol. The monoisotopic (exact) mass is 493 g/mol. The van der Waals surface area contributed by atoms with Crippen molar-refractivity contribution >= 4 is 15.9 Å². The second-order valence-corrected chi connectivity index (χ2v) is 9.70. The molecule has 0 spiro atoms. The van der Waals surface area contributed by atoms with Crippen molar-refractivity contribution in [3.8, 4) is 22.4 Å². The number of methoxy groups -OCH3 is 1. The Morgan fingerprint density at radius 2 is 1.63 bits per heavy atom. The Kier molecular flexibility index (Phi) is 7.60. The second-order valence-electron chi connectivity index (χ2n) is 7.87. The molecule has 0 amide bonds. The number of pyridine rings is 1. The number of aryl methyl sites for hydroxylation is 1. The lowest BCUT2D eigenvalue weighted by Gasteiger charge is -2.23. The fourth-order valence-corrected chi connectivity index (χ4v) is 5.12. The molecule has 0 saturated carbocycles. The molecule has 0 atom stereocenters. The predicted octanol–water partition coefficient (Wildman–Crippen LogP) is 4.84. The van der Waals surface area contributed by atoms with E-state index in [9.17, 15) is 8.42 Å². The van der Waals surface area contributed by atoms with Gasteiger partial charge in [-0.1, -0.05) is 53.7 Å². The normalized spacial score (nSPS) is 11.5. The van der Waals surface area contributed by atoms with E-state index in [2.05, 4.69) is 10.1 Å². The van der Waals surface area contributed by atoms with E-state index in [0.717, 1.165) is 21.1 Å². The maximum absolute atomic E-state index is 14.0. The van der Waals surface area contributed by atoms with Gasteiger partial charge in [0.2, 0.25) is 5.88 Å². The number of hydrogen-bond donors (Lipinski definition) is 0. The minimum Gasteiger partial charge on any atom is -0.382 e. The number of sulfonamides is 1. The summed E-state index contributed by atoms with van der Waals surface area (Å²) in [7, 11) is -2.52. The SMILES string of the molecule is COCCOCN(c1onc(C)c1C)S(=O)(=O)c1ccccc1-c1ccc(-c2ccccn2)cc1. The maximum Gasteiger partial charge on any atom is 0.269 e. The Labute approximate surface area is 205 Å². The third-order valence-corrected chi connectivity index (χ3v) is 7.37. The number of aromatic nitrogens is 2. The Morgan fingerprint density at radius 1 is 0.914 bits per heavy atom. The molecule has 0 fully saturated rings. The molecule has 4 rings (SSSR count). The Balaban J connectivity index is 1.73. The van der Waals surface area contributed by atoms with Crippen LogP contribution in [-0.4, -0.2) is 45.6 Å². The summed E-state index contributed by atoms with van der Waals surface area (Å²) in [6.07, 6.45) is 1.74. The average Bonchev–Trinajstić information content (AvgIpc) is 3.22. The molecule has 0 N–H and O–H groups in total. The van der Waals surface area contributed by atoms with Gasteiger partial charge in [-0.05, 0) is 37.6 Å². The molecule has 0 radical (unpaired) electrons. The summed E-state index contributed by atoms with van der Waals surface area (Å²) in [5.74, 6) is 0.125. The topological polar surface area (TPSA) is 94.8 Å². The van der Waals surface area contributed by atoms with Gasteiger partial charge in [0.05, 0.1) is 29.5 Å². The van der Waals surface area contributed by atoms with E-state index in [4.69, 9.17) is 14.0 Å². The highest BCUT2D eigenvalue weighted by molar-refractivity contribution is 7.93. The van der Waals surface area contributed by atoms with Crippen molar-refractivity contribution in [2.24, 2.45) is 0 Å². The smallest absolute Gasteiger partial charge is 0.269 e. The third kappa shape index (κ3) is 5.27. The largest absolute Gasteiger partial charge is 0.382 e. The molecule has 9 heteroatoms. The van der Waals surface area contributed by atoms with E-state index in [1.54, 1.807) is 45.4 Å². The van der Waals surface area contributed by atoms with Crippen LogP contribution in [0.25, 0.3) is 22.4 Å². The van der Waals surface area contributed by atoms with Crippen LogP contribution >= 0.6 is 0 Å². The fraction of sp³-hybridized carbons (Fsp3) is 0.231. The molecule has 0 aliphatic carbocycles. The van der Waals surface area contributed by atoms with Gasteiger partial charge in [0, 0.05) is 30.0 Å². The Bertz CT molecular complexity index is 1370. The van der Waals surface area contributed by atoms with Crippen molar-refractivity contribution < 1.29 is 22.4 Å². The van der Waals surface area contributed by atoms with Crippen LogP contribution in [0.3, 0.4) is 0 Å². The number of benzene rings is 2. The highest BCUT2D eigenvalue weighted by atomic mass is 32.2. The predicted molar refractivity (Wildman–Crippen MR) is 133 cm³/mol. The Hall–Kier alpha value is -3.53. The van der Waals surface area contributed by atoms with Crippen LogP contribution in [0.1, 0.15) is 11.3 Å². The van der Waals surface area contributed by atoms with E-state index in [1.165, 1.54) is 0 Å². The summed E-state index contributed by atoms with van der Waals surface area (Å²) < 4.78 is 45.0. The third-order valence-electron chi connectivity index (χ3n) is 5.61. The van der Waals surface area contributed by atoms with Gasteiger partial charge in [0.1, 0.15) is 6.73 Å². The summed E-state index contributed by atoms with van der Waals surface area (Å²) in [5.41, 5.74) is 4.34. The molecule has 0 aliphatic heterocycles. The minimum absolute atomic E-state index is 0.125. The molecule has 0 saturated heterocycles. The first-order chi connectivity index (χ1) is 16.9. The lowest BCUT2D eigenvalue weighted by molar-refractivity contribution is 0.0744. The van der Waals surface area contributed by atoms with Gasteiger partial charge in [-0.2, -0.15) is 0 Å². The lowest BCUT2D eigenvalue weighted by Crippen LogP contribution is -2.34. The molecular formula is C26H27N3O5S. The van der Waals surface area contributed by atoms with E-state index in [1.807, 2.05) is 48.5 Å². The molecule has 2 aromatic carbocycles. The first kappa shape index (κ1) is 24.6. The van der Waals surface area contributed by atoms with Crippen LogP contribution in [0.2, 0.25) is 0 Å². The zero-order valence-corrected chi connectivity index (χ0v) is 20.7. The number of rotatable bonds is 10. The molecule has 0 bridgehead atoms. The molecule has 4 aromatic rings. The molecule has 0 unspecified atom stereocenters. The van der Waals surface area contributed by atoms with E-state index >= 15 is 0 Å². The van der Waals surface area contributed by atoms with Crippen LogP contribution in [0.5, 0.6) is 0 Å². The second kappa shape index (κ2) is 10.8. The first-order valence-corrected chi connectivity index (χ1v) is 12.5. The van der Waals surface area contributed by atoms with Crippen molar-refractivity contribution in [3.05, 3.63) is 84.2 Å². The van der Waals surface area contributed by atoms with Crippen LogP contribution < -0.4 is 4.31 Å². The fourth-order valence-electron chi connectivity index (χ4n) is 3.57. The van der Waals surface area contributed by atoms with Gasteiger partial charge in [-0.15, -0.1) is 0 Å². The van der Waals surface area contributed by atoms with Gasteiger partial charge < -0.3 is 14.0 Å². The molecule has 2 heterocycles. The zero-order chi connectivity index (χ0) is 24.8. The van der Waals surface area contributed by atoms with Gasteiger partial charge >= 0.3 is 0 Å². The summed E-state index contributed by atoms with van der Waals surface area (Å²) in [5, 5.41) is 3.94. The first-order valence-electron chi connectivity index (χ1n) is 11.1. The summed E-state index contributed by atoms with van der Waals surface area (Å²) in [6.45, 7) is 3.85. The maximum atomic E-state index is 14.0. The van der Waals surface area contributed by atoms with Crippen molar-refractivity contribution in [2.75, 3.05) is 31.4 Å². The van der Waals surface area contributed by atoms with Crippen LogP contribution in [0.15, 0.2) is 82.3 Å². The molecule has 0 aliphatic rings. The summed E-state index contributed by atoms with van der Waals surface area (Å²) >= 11 is 0. The van der Waals surface area contributed by atoms with Crippen molar-refractivity contribution in [1.29, 1.82) is 0 Å². The Morgan fingerprint density at radius 3 is 2.29 bits per heavy atom. The van der Waals surface area contributed by atoms with Crippen molar-refractivity contribution in [3.63, 3.8) is 0 Å². The molecular weight excluding hydrogens is 466 g/mol. The summed E-state index contributed by atoms with van der Waals surface area (Å²) in [4.78, 5) is 4.51. The van der Waals surface area contributed by atoms with Crippen LogP contribution in [0.4, 0.5) is 5.88 Å². The van der Waals surface area contributed by atoms with Crippen LogP contribution in [-0.2, 0) is 19.5 Å². The van der Waals surface area contributed by atoms with E-state index < -0.39 is 10.0 Å². The minimum atomic E-state index is -4.07. The van der Waals surface area contributed by atoms with Crippen molar-refractivity contribution in [1.82, 2.24) is 10.1 Å². The number of ether oxygens (including phenoxy) is 2. The van der Waals surface area contributed by atoms with Gasteiger partial charge in [-0.3, -0.25) is 4.98 Å². The van der Waals surface area contributed by atoms with Gasteiger partial charge in [-0.25, -0.2) is 12.7 Å². The highest BCUT2D eigenvalue weighted by Gasteiger charge is 2.32. The van der Waals surface area contributed by atoms with Gasteiger partial charge in [0.15, 0.2) is 0 Å². The molecule has 2 aromatic heterocycles.